The van der Waals surface area contributed by atoms with E-state index in [4.69, 9.17) is 9.47 Å². The molecule has 1 aromatic heterocycles. The average molecular weight is 288 g/mol. The molecule has 1 aromatic rings. The molecule has 0 saturated carbocycles. The fourth-order valence-corrected chi connectivity index (χ4v) is 1.46. The van der Waals surface area contributed by atoms with Crippen LogP contribution in [-0.2, 0) is 4.74 Å². The lowest BCUT2D eigenvalue weighted by Crippen LogP contribution is -2.11. The van der Waals surface area contributed by atoms with Crippen LogP contribution in [-0.4, -0.2) is 31.3 Å². The molecule has 1 heterocycles. The topological polar surface area (TPSA) is 43.4 Å². The van der Waals surface area contributed by atoms with Gasteiger partial charge in [0.05, 0.1) is 6.61 Å². The Bertz CT molecular complexity index is 403. The van der Waals surface area contributed by atoms with Crippen LogP contribution in [0.15, 0.2) is 6.07 Å². The van der Waals surface area contributed by atoms with Crippen LogP contribution < -0.4 is 10.1 Å². The Hall–Kier alpha value is -1.43. The minimum absolute atomic E-state index is 0.00940. The Morgan fingerprint density at radius 3 is 2.60 bits per heavy atom. The second-order valence-electron chi connectivity index (χ2n) is 4.35. The second-order valence-corrected chi connectivity index (χ2v) is 4.35. The van der Waals surface area contributed by atoms with Gasteiger partial charge in [0, 0.05) is 19.2 Å². The van der Waals surface area contributed by atoms with Crippen molar-refractivity contribution in [1.82, 2.24) is 4.98 Å². The first-order valence-electron chi connectivity index (χ1n) is 6.99. The van der Waals surface area contributed by atoms with Gasteiger partial charge in [-0.25, -0.2) is 8.78 Å². The molecule has 0 unspecified atom stereocenters. The molecule has 0 aromatic carbocycles. The normalized spacial score (nSPS) is 10.6. The third-order valence-electron chi connectivity index (χ3n) is 2.55. The Kier molecular flexibility index (Phi) is 7.87. The lowest BCUT2D eigenvalue weighted by molar-refractivity contribution is 0.0949. The molecule has 20 heavy (non-hydrogen) atoms. The van der Waals surface area contributed by atoms with Gasteiger partial charge in [0.1, 0.15) is 6.61 Å². The van der Waals surface area contributed by atoms with Crippen LogP contribution >= 0.6 is 0 Å². The van der Waals surface area contributed by atoms with Crippen molar-refractivity contribution in [3.05, 3.63) is 17.7 Å². The van der Waals surface area contributed by atoms with Gasteiger partial charge in [-0.3, -0.25) is 0 Å². The fourth-order valence-electron chi connectivity index (χ4n) is 1.46. The van der Waals surface area contributed by atoms with Gasteiger partial charge in [-0.1, -0.05) is 20.3 Å². The quantitative estimate of drug-likeness (QED) is 0.670. The van der Waals surface area contributed by atoms with Gasteiger partial charge in [0.15, 0.2) is 17.5 Å². The summed E-state index contributed by atoms with van der Waals surface area (Å²) in [6.45, 7) is 5.78. The van der Waals surface area contributed by atoms with Gasteiger partial charge in [-0.15, -0.1) is 0 Å². The molecule has 4 nitrogen and oxygen atoms in total. The highest BCUT2D eigenvalue weighted by Crippen LogP contribution is 2.20. The van der Waals surface area contributed by atoms with E-state index in [9.17, 15) is 8.78 Å². The number of pyridine rings is 1. The molecule has 0 aliphatic heterocycles. The highest BCUT2D eigenvalue weighted by molar-refractivity contribution is 5.39. The lowest BCUT2D eigenvalue weighted by atomic mass is 10.4. The van der Waals surface area contributed by atoms with Crippen LogP contribution in [0.5, 0.6) is 5.88 Å². The molecule has 0 amide bonds. The molecule has 0 atom stereocenters. The van der Waals surface area contributed by atoms with Crippen LogP contribution in [0.2, 0.25) is 0 Å². The van der Waals surface area contributed by atoms with Crippen molar-refractivity contribution in [3.63, 3.8) is 0 Å². The van der Waals surface area contributed by atoms with Crippen molar-refractivity contribution >= 4 is 5.82 Å². The van der Waals surface area contributed by atoms with Crippen LogP contribution in [0.4, 0.5) is 14.6 Å². The molecule has 6 heteroatoms. The summed E-state index contributed by atoms with van der Waals surface area (Å²) in [4.78, 5) is 3.80. The number of aromatic nitrogens is 1. The van der Waals surface area contributed by atoms with E-state index in [2.05, 4.69) is 17.2 Å². The molecule has 0 saturated heterocycles. The van der Waals surface area contributed by atoms with Crippen molar-refractivity contribution in [2.45, 2.75) is 33.1 Å². The van der Waals surface area contributed by atoms with Crippen molar-refractivity contribution < 1.29 is 18.3 Å². The van der Waals surface area contributed by atoms with Crippen molar-refractivity contribution in [3.8, 4) is 5.88 Å². The van der Waals surface area contributed by atoms with Crippen molar-refractivity contribution in [2.24, 2.45) is 0 Å². The molecular formula is C14H22F2N2O2. The number of nitrogens with one attached hydrogen (secondary N) is 1. The van der Waals surface area contributed by atoms with Gasteiger partial charge in [0.25, 0.3) is 5.88 Å². The maximum atomic E-state index is 13.5. The number of ether oxygens (including phenoxy) is 2. The minimum Gasteiger partial charge on any atom is -0.473 e. The SMILES string of the molecule is CCCCOCCOc1nc(NCCC)c(F)cc1F. The largest absolute Gasteiger partial charge is 0.473 e. The summed E-state index contributed by atoms with van der Waals surface area (Å²) in [7, 11) is 0. The predicted octanol–water partition coefficient (Wildman–Crippen LogP) is 3.38. The molecule has 114 valence electrons. The average Bonchev–Trinajstić information content (AvgIpc) is 2.43. The summed E-state index contributed by atoms with van der Waals surface area (Å²) in [6, 6.07) is 0.776. The van der Waals surface area contributed by atoms with E-state index in [-0.39, 0.29) is 18.3 Å². The molecule has 0 aliphatic rings. The predicted molar refractivity (Wildman–Crippen MR) is 74.2 cm³/mol. The summed E-state index contributed by atoms with van der Waals surface area (Å²) >= 11 is 0. The van der Waals surface area contributed by atoms with Crippen LogP contribution in [0.3, 0.4) is 0 Å². The fraction of sp³-hybridized carbons (Fsp3) is 0.643. The second kappa shape index (κ2) is 9.47. The lowest BCUT2D eigenvalue weighted by Gasteiger charge is -2.10. The highest BCUT2D eigenvalue weighted by atomic mass is 19.1. The summed E-state index contributed by atoms with van der Waals surface area (Å²) in [5, 5.41) is 2.78. The molecule has 1 N–H and O–H groups in total. The number of hydrogen-bond donors (Lipinski definition) is 1. The number of nitrogens with zero attached hydrogens (tertiary/aromatic N) is 1. The van der Waals surface area contributed by atoms with E-state index in [1.165, 1.54) is 0 Å². The summed E-state index contributed by atoms with van der Waals surface area (Å²) in [5.74, 6) is -1.72. The standard InChI is InChI=1S/C14H22F2N2O2/c1-3-5-7-19-8-9-20-14-12(16)10-11(15)13(18-14)17-6-4-2/h10H,3-9H2,1-2H3,(H,17,18). The van der Waals surface area contributed by atoms with Gasteiger partial charge in [-0.05, 0) is 12.8 Å². The van der Waals surface area contributed by atoms with E-state index in [0.717, 1.165) is 25.3 Å². The Morgan fingerprint density at radius 2 is 1.90 bits per heavy atom. The van der Waals surface area contributed by atoms with E-state index in [1.807, 2.05) is 6.92 Å². The first-order chi connectivity index (χ1) is 9.69. The number of halogens is 2. The maximum Gasteiger partial charge on any atom is 0.252 e. The summed E-state index contributed by atoms with van der Waals surface area (Å²) < 4.78 is 37.4. The van der Waals surface area contributed by atoms with E-state index in [0.29, 0.717) is 19.8 Å². The van der Waals surface area contributed by atoms with Crippen LogP contribution in [0, 0.1) is 11.6 Å². The number of hydrogen-bond acceptors (Lipinski definition) is 4. The number of rotatable bonds is 10. The van der Waals surface area contributed by atoms with Gasteiger partial charge < -0.3 is 14.8 Å². The van der Waals surface area contributed by atoms with E-state index >= 15 is 0 Å². The summed E-state index contributed by atoms with van der Waals surface area (Å²) in [5.41, 5.74) is 0. The monoisotopic (exact) mass is 288 g/mol. The smallest absolute Gasteiger partial charge is 0.252 e. The molecule has 0 spiro atoms. The first-order valence-corrected chi connectivity index (χ1v) is 6.99. The Balaban J connectivity index is 2.47. The van der Waals surface area contributed by atoms with Crippen molar-refractivity contribution in [1.29, 1.82) is 0 Å². The molecule has 0 aliphatic carbocycles. The molecule has 1 rings (SSSR count). The van der Waals surface area contributed by atoms with Gasteiger partial charge in [-0.2, -0.15) is 4.98 Å². The Labute approximate surface area is 118 Å². The van der Waals surface area contributed by atoms with E-state index in [1.54, 1.807) is 0 Å². The third-order valence-corrected chi connectivity index (χ3v) is 2.55. The zero-order valence-electron chi connectivity index (χ0n) is 12.0. The molecular weight excluding hydrogens is 266 g/mol. The highest BCUT2D eigenvalue weighted by Gasteiger charge is 2.12. The Morgan fingerprint density at radius 1 is 1.10 bits per heavy atom. The number of unbranched alkanes of at least 4 members (excludes halogenated alkanes) is 1. The van der Waals surface area contributed by atoms with Crippen LogP contribution in [0.25, 0.3) is 0 Å². The third kappa shape index (κ3) is 5.69. The summed E-state index contributed by atoms with van der Waals surface area (Å²) in [6.07, 6.45) is 2.86. The van der Waals surface area contributed by atoms with Gasteiger partial charge in [0.2, 0.25) is 0 Å². The van der Waals surface area contributed by atoms with Crippen LogP contribution in [0.1, 0.15) is 33.1 Å². The zero-order valence-corrected chi connectivity index (χ0v) is 12.0. The van der Waals surface area contributed by atoms with Crippen molar-refractivity contribution in [2.75, 3.05) is 31.7 Å². The minimum atomic E-state index is -0.807. The first kappa shape index (κ1) is 16.6. The van der Waals surface area contributed by atoms with E-state index < -0.39 is 11.6 Å². The zero-order chi connectivity index (χ0) is 14.8. The molecule has 0 bridgehead atoms. The van der Waals surface area contributed by atoms with Gasteiger partial charge >= 0.3 is 0 Å². The molecule has 0 radical (unpaired) electrons. The molecule has 0 fully saturated rings. The maximum absolute atomic E-state index is 13.5. The number of anilines is 1.